The van der Waals surface area contributed by atoms with Gasteiger partial charge in [-0.15, -0.1) is 10.2 Å². The van der Waals surface area contributed by atoms with Crippen molar-refractivity contribution in [3.63, 3.8) is 0 Å². The molecule has 0 amide bonds. The van der Waals surface area contributed by atoms with E-state index in [0.29, 0.717) is 17.1 Å². The SMILES string of the molecule is Nc1nnc(-c2ccccc2O)cc1N1CCC[C@H](Oc2ccccc2)C1. The highest BCUT2D eigenvalue weighted by molar-refractivity contribution is 5.74. The van der Waals surface area contributed by atoms with Crippen LogP contribution in [0.4, 0.5) is 11.5 Å². The Labute approximate surface area is 158 Å². The van der Waals surface area contributed by atoms with Crippen LogP contribution in [0.5, 0.6) is 11.5 Å². The van der Waals surface area contributed by atoms with E-state index >= 15 is 0 Å². The van der Waals surface area contributed by atoms with Gasteiger partial charge in [-0.25, -0.2) is 0 Å². The number of hydrogen-bond acceptors (Lipinski definition) is 6. The van der Waals surface area contributed by atoms with Crippen LogP contribution in [0.15, 0.2) is 60.7 Å². The maximum Gasteiger partial charge on any atom is 0.169 e. The smallest absolute Gasteiger partial charge is 0.169 e. The fourth-order valence-corrected chi connectivity index (χ4v) is 3.41. The van der Waals surface area contributed by atoms with E-state index < -0.39 is 0 Å². The van der Waals surface area contributed by atoms with Gasteiger partial charge in [0.15, 0.2) is 5.82 Å². The van der Waals surface area contributed by atoms with Crippen molar-refractivity contribution in [2.45, 2.75) is 18.9 Å². The summed E-state index contributed by atoms with van der Waals surface area (Å²) in [5.74, 6) is 1.43. The second-order valence-electron chi connectivity index (χ2n) is 6.66. The number of aromatic nitrogens is 2. The highest BCUT2D eigenvalue weighted by Gasteiger charge is 2.24. The molecule has 4 rings (SSSR count). The van der Waals surface area contributed by atoms with Crippen molar-refractivity contribution in [2.75, 3.05) is 23.7 Å². The summed E-state index contributed by atoms with van der Waals surface area (Å²) in [7, 11) is 0. The number of hydrogen-bond donors (Lipinski definition) is 2. The summed E-state index contributed by atoms with van der Waals surface area (Å²) in [6.45, 7) is 1.61. The van der Waals surface area contributed by atoms with Crippen molar-refractivity contribution in [3.8, 4) is 22.8 Å². The second kappa shape index (κ2) is 7.53. The van der Waals surface area contributed by atoms with Crippen LogP contribution in [0.1, 0.15) is 12.8 Å². The first kappa shape index (κ1) is 17.1. The minimum absolute atomic E-state index is 0.0855. The summed E-state index contributed by atoms with van der Waals surface area (Å²) in [6.07, 6.45) is 2.09. The quantitative estimate of drug-likeness (QED) is 0.739. The molecule has 0 saturated carbocycles. The molecule has 0 radical (unpaired) electrons. The van der Waals surface area contributed by atoms with E-state index in [9.17, 15) is 5.11 Å². The van der Waals surface area contributed by atoms with E-state index in [1.807, 2.05) is 48.5 Å². The molecule has 1 aliphatic heterocycles. The molecule has 27 heavy (non-hydrogen) atoms. The Hall–Kier alpha value is -3.28. The Morgan fingerprint density at radius 3 is 2.63 bits per heavy atom. The van der Waals surface area contributed by atoms with Gasteiger partial charge in [0.1, 0.15) is 17.6 Å². The van der Waals surface area contributed by atoms with Crippen LogP contribution in [0, 0.1) is 0 Å². The maximum absolute atomic E-state index is 10.1. The molecule has 1 atom stereocenters. The normalized spacial score (nSPS) is 16.9. The largest absolute Gasteiger partial charge is 0.507 e. The van der Waals surface area contributed by atoms with Crippen LogP contribution in [0.2, 0.25) is 0 Å². The standard InChI is InChI=1S/C21H22N4O2/c22-21-19(13-18(23-24-21)17-10-4-5-11-20(17)26)25-12-6-9-16(14-25)27-15-7-2-1-3-8-15/h1-5,7-8,10-11,13,16,26H,6,9,12,14H2,(H2,22,24)/t16-/m0/s1. The Morgan fingerprint density at radius 2 is 1.81 bits per heavy atom. The molecule has 3 N–H and O–H groups in total. The number of para-hydroxylation sites is 2. The minimum Gasteiger partial charge on any atom is -0.507 e. The molecule has 1 aromatic heterocycles. The van der Waals surface area contributed by atoms with Gasteiger partial charge in [0, 0.05) is 12.1 Å². The van der Waals surface area contributed by atoms with Gasteiger partial charge in [0.25, 0.3) is 0 Å². The van der Waals surface area contributed by atoms with Gasteiger partial charge >= 0.3 is 0 Å². The first-order valence-electron chi connectivity index (χ1n) is 9.09. The lowest BCUT2D eigenvalue weighted by atomic mass is 10.1. The lowest BCUT2D eigenvalue weighted by Crippen LogP contribution is -2.41. The minimum atomic E-state index is 0.0855. The summed E-state index contributed by atoms with van der Waals surface area (Å²) < 4.78 is 6.12. The van der Waals surface area contributed by atoms with Gasteiger partial charge in [-0.1, -0.05) is 30.3 Å². The van der Waals surface area contributed by atoms with Crippen molar-refractivity contribution in [2.24, 2.45) is 0 Å². The Bertz CT molecular complexity index is 917. The Balaban J connectivity index is 1.57. The van der Waals surface area contributed by atoms with Crippen molar-refractivity contribution in [1.82, 2.24) is 10.2 Å². The van der Waals surface area contributed by atoms with Crippen LogP contribution in [-0.4, -0.2) is 34.5 Å². The molecule has 0 unspecified atom stereocenters. The zero-order chi connectivity index (χ0) is 18.6. The van der Waals surface area contributed by atoms with Crippen LogP contribution in [-0.2, 0) is 0 Å². The monoisotopic (exact) mass is 362 g/mol. The predicted octanol–water partition coefficient (Wildman–Crippen LogP) is 3.48. The number of aromatic hydroxyl groups is 1. The van der Waals surface area contributed by atoms with Gasteiger partial charge in [-0.3, -0.25) is 0 Å². The van der Waals surface area contributed by atoms with Crippen LogP contribution in [0.3, 0.4) is 0 Å². The third-order valence-corrected chi connectivity index (χ3v) is 4.75. The zero-order valence-electron chi connectivity index (χ0n) is 15.0. The molecular formula is C21H22N4O2. The third-order valence-electron chi connectivity index (χ3n) is 4.75. The highest BCUT2D eigenvalue weighted by Crippen LogP contribution is 2.32. The Kier molecular flexibility index (Phi) is 4.78. The molecule has 138 valence electrons. The van der Waals surface area contributed by atoms with Gasteiger partial charge in [0.05, 0.1) is 17.9 Å². The number of nitrogen functional groups attached to an aromatic ring is 1. The molecule has 3 aromatic rings. The second-order valence-corrected chi connectivity index (χ2v) is 6.66. The molecule has 1 fully saturated rings. The number of rotatable bonds is 4. The maximum atomic E-state index is 10.1. The number of piperidine rings is 1. The topological polar surface area (TPSA) is 84.5 Å². The summed E-state index contributed by atoms with van der Waals surface area (Å²) in [5, 5.41) is 18.4. The van der Waals surface area contributed by atoms with E-state index in [4.69, 9.17) is 10.5 Å². The van der Waals surface area contributed by atoms with Crippen LogP contribution >= 0.6 is 0 Å². The molecule has 6 heteroatoms. The van der Waals surface area contributed by atoms with E-state index in [1.165, 1.54) is 0 Å². The zero-order valence-corrected chi connectivity index (χ0v) is 15.0. The first-order valence-corrected chi connectivity index (χ1v) is 9.09. The molecule has 6 nitrogen and oxygen atoms in total. The number of anilines is 2. The highest BCUT2D eigenvalue weighted by atomic mass is 16.5. The molecule has 0 spiro atoms. The average molecular weight is 362 g/mol. The van der Waals surface area contributed by atoms with Gasteiger partial charge in [-0.05, 0) is 43.2 Å². The van der Waals surface area contributed by atoms with Crippen molar-refractivity contribution in [1.29, 1.82) is 0 Å². The van der Waals surface area contributed by atoms with Crippen molar-refractivity contribution < 1.29 is 9.84 Å². The van der Waals surface area contributed by atoms with Gasteiger partial charge in [-0.2, -0.15) is 0 Å². The lowest BCUT2D eigenvalue weighted by molar-refractivity contribution is 0.179. The number of phenols is 1. The summed E-state index contributed by atoms with van der Waals surface area (Å²) in [4.78, 5) is 2.19. The number of nitrogens with zero attached hydrogens (tertiary/aromatic N) is 3. The van der Waals surface area contributed by atoms with Gasteiger partial charge in [0.2, 0.25) is 0 Å². The van der Waals surface area contributed by atoms with E-state index in [0.717, 1.165) is 37.4 Å². The lowest BCUT2D eigenvalue weighted by Gasteiger charge is -2.34. The molecule has 0 bridgehead atoms. The number of phenolic OH excluding ortho intramolecular Hbond substituents is 1. The summed E-state index contributed by atoms with van der Waals surface area (Å²) >= 11 is 0. The van der Waals surface area contributed by atoms with E-state index in [1.54, 1.807) is 12.1 Å². The molecule has 2 aromatic carbocycles. The number of benzene rings is 2. The molecule has 1 saturated heterocycles. The fourth-order valence-electron chi connectivity index (χ4n) is 3.41. The van der Waals surface area contributed by atoms with Crippen molar-refractivity contribution in [3.05, 3.63) is 60.7 Å². The molecule has 2 heterocycles. The fraction of sp³-hybridized carbons (Fsp3) is 0.238. The third kappa shape index (κ3) is 3.79. The van der Waals surface area contributed by atoms with Crippen LogP contribution in [0.25, 0.3) is 11.3 Å². The van der Waals surface area contributed by atoms with Crippen LogP contribution < -0.4 is 15.4 Å². The van der Waals surface area contributed by atoms with E-state index in [-0.39, 0.29) is 11.9 Å². The molecule has 1 aliphatic rings. The number of ether oxygens (including phenoxy) is 1. The van der Waals surface area contributed by atoms with Gasteiger partial charge < -0.3 is 20.5 Å². The number of nitrogens with two attached hydrogens (primary N) is 1. The molecular weight excluding hydrogens is 340 g/mol. The summed E-state index contributed by atoms with van der Waals surface area (Å²) in [6, 6.07) is 18.8. The predicted molar refractivity (Wildman–Crippen MR) is 106 cm³/mol. The molecule has 0 aliphatic carbocycles. The first-order chi connectivity index (χ1) is 13.2. The average Bonchev–Trinajstić information content (AvgIpc) is 2.70. The summed E-state index contributed by atoms with van der Waals surface area (Å²) in [5.41, 5.74) is 8.18. The van der Waals surface area contributed by atoms with E-state index in [2.05, 4.69) is 15.1 Å². The van der Waals surface area contributed by atoms with Crippen molar-refractivity contribution >= 4 is 11.5 Å². The Morgan fingerprint density at radius 1 is 1.04 bits per heavy atom.